The van der Waals surface area contributed by atoms with Gasteiger partial charge < -0.3 is 15.2 Å². The first-order valence-electron chi connectivity index (χ1n) is 8.10. The minimum atomic E-state index is -0.660. The van der Waals surface area contributed by atoms with Crippen molar-refractivity contribution in [1.82, 2.24) is 4.90 Å². The van der Waals surface area contributed by atoms with Crippen molar-refractivity contribution < 1.29 is 14.6 Å². The molecular formula is C17H24N2O3. The number of carboxylic acid groups (broad SMARTS) is 1. The number of nitrogens with zero attached hydrogens (tertiary/aromatic N) is 1. The summed E-state index contributed by atoms with van der Waals surface area (Å²) in [6, 6.07) is 6.65. The van der Waals surface area contributed by atoms with E-state index in [0.717, 1.165) is 43.8 Å². The number of benzene rings is 1. The van der Waals surface area contributed by atoms with Gasteiger partial charge in [0.2, 0.25) is 0 Å². The molecule has 1 fully saturated rings. The molecule has 3 rings (SSSR count). The lowest BCUT2D eigenvalue weighted by Crippen LogP contribution is -2.44. The fourth-order valence-corrected chi connectivity index (χ4v) is 3.39. The van der Waals surface area contributed by atoms with Crippen LogP contribution < -0.4 is 10.1 Å². The smallest absolute Gasteiger partial charge is 0.307 e. The first kappa shape index (κ1) is 15.2. The monoisotopic (exact) mass is 304 g/mol. The molecule has 5 heteroatoms. The van der Waals surface area contributed by atoms with Crippen LogP contribution in [-0.2, 0) is 11.2 Å². The van der Waals surface area contributed by atoms with E-state index in [4.69, 9.17) is 4.74 Å². The zero-order chi connectivity index (χ0) is 15.5. The number of ether oxygens (including phenoxy) is 1. The zero-order valence-electron chi connectivity index (χ0n) is 13.0. The van der Waals surface area contributed by atoms with Crippen LogP contribution >= 0.6 is 0 Å². The van der Waals surface area contributed by atoms with Crippen molar-refractivity contribution in [3.8, 4) is 5.75 Å². The van der Waals surface area contributed by atoms with Gasteiger partial charge in [0.25, 0.3) is 0 Å². The van der Waals surface area contributed by atoms with Gasteiger partial charge in [0.05, 0.1) is 11.6 Å². The highest BCUT2D eigenvalue weighted by Crippen LogP contribution is 2.29. The van der Waals surface area contributed by atoms with E-state index in [1.165, 1.54) is 5.56 Å². The second-order valence-corrected chi connectivity index (χ2v) is 6.33. The van der Waals surface area contributed by atoms with Crippen LogP contribution in [0.2, 0.25) is 0 Å². The molecule has 2 atom stereocenters. The Bertz CT molecular complexity index is 547. The molecule has 0 spiro atoms. The summed E-state index contributed by atoms with van der Waals surface area (Å²) in [6.45, 7) is 5.42. The van der Waals surface area contributed by atoms with Crippen LogP contribution in [0.15, 0.2) is 18.2 Å². The Labute approximate surface area is 131 Å². The van der Waals surface area contributed by atoms with Crippen molar-refractivity contribution in [2.45, 2.75) is 32.2 Å². The van der Waals surface area contributed by atoms with E-state index in [2.05, 4.69) is 29.3 Å². The number of aliphatic carboxylic acids is 1. The van der Waals surface area contributed by atoms with Gasteiger partial charge in [-0.3, -0.25) is 9.69 Å². The van der Waals surface area contributed by atoms with E-state index in [9.17, 15) is 9.90 Å². The van der Waals surface area contributed by atoms with Crippen molar-refractivity contribution in [3.63, 3.8) is 0 Å². The van der Waals surface area contributed by atoms with Crippen LogP contribution in [0.1, 0.15) is 25.3 Å². The highest BCUT2D eigenvalue weighted by atomic mass is 16.5. The summed E-state index contributed by atoms with van der Waals surface area (Å²) in [5, 5.41) is 12.6. The first-order chi connectivity index (χ1) is 10.6. The summed E-state index contributed by atoms with van der Waals surface area (Å²) in [7, 11) is 0. The molecule has 0 aromatic heterocycles. The lowest BCUT2D eigenvalue weighted by molar-refractivity contribution is -0.143. The summed E-state index contributed by atoms with van der Waals surface area (Å²) < 4.78 is 5.60. The largest absolute Gasteiger partial charge is 0.490 e. The number of piperidine rings is 1. The molecule has 2 aliphatic heterocycles. The predicted molar refractivity (Wildman–Crippen MR) is 85.5 cm³/mol. The Morgan fingerprint density at radius 2 is 2.41 bits per heavy atom. The molecule has 0 radical (unpaired) electrons. The van der Waals surface area contributed by atoms with E-state index in [0.29, 0.717) is 19.2 Å². The number of hydrogen-bond acceptors (Lipinski definition) is 4. The van der Waals surface area contributed by atoms with Crippen molar-refractivity contribution >= 4 is 11.7 Å². The molecule has 2 heterocycles. The molecule has 0 saturated carbocycles. The topological polar surface area (TPSA) is 61.8 Å². The SMILES string of the molecule is CC(Cc1ccc2c(c1)NCCO2)N1CCCC(C(=O)O)C1. The number of likely N-dealkylation sites (tertiary alicyclic amines) is 1. The predicted octanol–water partition coefficient (Wildman–Crippen LogP) is 2.22. The highest BCUT2D eigenvalue weighted by Gasteiger charge is 2.28. The molecule has 5 nitrogen and oxygen atoms in total. The van der Waals surface area contributed by atoms with Gasteiger partial charge in [-0.2, -0.15) is 0 Å². The van der Waals surface area contributed by atoms with Crippen LogP contribution in [0, 0.1) is 5.92 Å². The number of hydrogen-bond donors (Lipinski definition) is 2. The van der Waals surface area contributed by atoms with E-state index in [1.54, 1.807) is 0 Å². The lowest BCUT2D eigenvalue weighted by Gasteiger charge is -2.35. The summed E-state index contributed by atoms with van der Waals surface area (Å²) in [5.41, 5.74) is 2.33. The van der Waals surface area contributed by atoms with Gasteiger partial charge in [-0.1, -0.05) is 6.07 Å². The Kier molecular flexibility index (Phi) is 4.52. The quantitative estimate of drug-likeness (QED) is 0.893. The van der Waals surface area contributed by atoms with Gasteiger partial charge >= 0.3 is 5.97 Å². The normalized spacial score (nSPS) is 23.0. The molecular weight excluding hydrogens is 280 g/mol. The van der Waals surface area contributed by atoms with Crippen molar-refractivity contribution in [2.75, 3.05) is 31.6 Å². The summed E-state index contributed by atoms with van der Waals surface area (Å²) >= 11 is 0. The third kappa shape index (κ3) is 3.35. The minimum Gasteiger partial charge on any atom is -0.490 e. The molecule has 22 heavy (non-hydrogen) atoms. The van der Waals surface area contributed by atoms with E-state index in [1.807, 2.05) is 6.07 Å². The van der Waals surface area contributed by atoms with Gasteiger partial charge in [0.15, 0.2) is 0 Å². The molecule has 2 aliphatic rings. The van der Waals surface area contributed by atoms with Crippen LogP contribution in [0.3, 0.4) is 0 Å². The van der Waals surface area contributed by atoms with Crippen molar-refractivity contribution in [2.24, 2.45) is 5.92 Å². The number of nitrogens with one attached hydrogen (secondary N) is 1. The number of anilines is 1. The lowest BCUT2D eigenvalue weighted by atomic mass is 9.95. The van der Waals surface area contributed by atoms with Crippen molar-refractivity contribution in [3.05, 3.63) is 23.8 Å². The van der Waals surface area contributed by atoms with Gasteiger partial charge in [-0.25, -0.2) is 0 Å². The minimum absolute atomic E-state index is 0.213. The van der Waals surface area contributed by atoms with Crippen molar-refractivity contribution in [1.29, 1.82) is 0 Å². The maximum absolute atomic E-state index is 11.2. The first-order valence-corrected chi connectivity index (χ1v) is 8.10. The molecule has 2 unspecified atom stereocenters. The number of carboxylic acids is 1. The second kappa shape index (κ2) is 6.57. The van der Waals surface area contributed by atoms with E-state index < -0.39 is 5.97 Å². The molecule has 120 valence electrons. The van der Waals surface area contributed by atoms with Crippen LogP contribution in [-0.4, -0.2) is 48.3 Å². The fourth-order valence-electron chi connectivity index (χ4n) is 3.39. The van der Waals surface area contributed by atoms with Crippen LogP contribution in [0.4, 0.5) is 5.69 Å². The Morgan fingerprint density at radius 1 is 1.55 bits per heavy atom. The third-order valence-corrected chi connectivity index (χ3v) is 4.68. The Hall–Kier alpha value is -1.75. The highest BCUT2D eigenvalue weighted by molar-refractivity contribution is 5.70. The summed E-state index contributed by atoms with van der Waals surface area (Å²) in [6.07, 6.45) is 2.71. The fraction of sp³-hybridized carbons (Fsp3) is 0.588. The zero-order valence-corrected chi connectivity index (χ0v) is 13.0. The van der Waals surface area contributed by atoms with Gasteiger partial charge in [0, 0.05) is 19.1 Å². The summed E-state index contributed by atoms with van der Waals surface area (Å²) in [5.74, 6) is 0.0494. The average Bonchev–Trinajstić information content (AvgIpc) is 2.55. The molecule has 0 bridgehead atoms. The van der Waals surface area contributed by atoms with E-state index >= 15 is 0 Å². The van der Waals surface area contributed by atoms with Gasteiger partial charge in [-0.15, -0.1) is 0 Å². The molecule has 1 aromatic carbocycles. The number of fused-ring (bicyclic) bond motifs is 1. The van der Waals surface area contributed by atoms with E-state index in [-0.39, 0.29) is 5.92 Å². The molecule has 1 aromatic rings. The number of carbonyl (C=O) groups is 1. The second-order valence-electron chi connectivity index (χ2n) is 6.33. The molecule has 1 saturated heterocycles. The maximum atomic E-state index is 11.2. The number of rotatable bonds is 4. The maximum Gasteiger partial charge on any atom is 0.307 e. The van der Waals surface area contributed by atoms with Gasteiger partial charge in [0.1, 0.15) is 12.4 Å². The van der Waals surface area contributed by atoms with Crippen LogP contribution in [0.25, 0.3) is 0 Å². The molecule has 2 N–H and O–H groups in total. The molecule has 0 amide bonds. The summed E-state index contributed by atoms with van der Waals surface area (Å²) in [4.78, 5) is 13.5. The molecule has 0 aliphatic carbocycles. The van der Waals surface area contributed by atoms with Gasteiger partial charge in [-0.05, 0) is 50.4 Å². The van der Waals surface area contributed by atoms with Crippen LogP contribution in [0.5, 0.6) is 5.75 Å². The Balaban J connectivity index is 1.63. The Morgan fingerprint density at radius 3 is 3.23 bits per heavy atom. The standard InChI is InChI=1S/C17H24N2O3/c1-12(19-7-2-3-14(11-19)17(20)21)9-13-4-5-16-15(10-13)18-6-8-22-16/h4-5,10,12,14,18H,2-3,6-9,11H2,1H3,(H,20,21). The third-order valence-electron chi connectivity index (χ3n) is 4.68. The average molecular weight is 304 g/mol.